The molecule has 0 bridgehead atoms. The number of nitrogens with one attached hydrogen (secondary N) is 1. The van der Waals surface area contributed by atoms with Crippen molar-refractivity contribution in [1.82, 2.24) is 14.7 Å². The minimum Gasteiger partial charge on any atom is -0.345 e. The fourth-order valence-corrected chi connectivity index (χ4v) is 3.80. The van der Waals surface area contributed by atoms with Crippen molar-refractivity contribution in [3.63, 3.8) is 0 Å². The van der Waals surface area contributed by atoms with Gasteiger partial charge in [0.1, 0.15) is 4.90 Å². The first-order valence-electron chi connectivity index (χ1n) is 9.03. The highest BCUT2D eigenvalue weighted by Crippen LogP contribution is 2.24. The molecule has 0 aliphatic rings. The number of anilines is 1. The van der Waals surface area contributed by atoms with E-state index in [-0.39, 0.29) is 40.1 Å². The number of benzene rings is 2. The summed E-state index contributed by atoms with van der Waals surface area (Å²) in [6.07, 6.45) is 2.75. The van der Waals surface area contributed by atoms with Crippen molar-refractivity contribution in [1.29, 1.82) is 0 Å². The van der Waals surface area contributed by atoms with Gasteiger partial charge < -0.3 is 10.2 Å². The first-order valence-corrected chi connectivity index (χ1v) is 11.0. The van der Waals surface area contributed by atoms with Crippen LogP contribution in [-0.2, 0) is 21.2 Å². The smallest absolute Gasteiger partial charge is 0.256 e. The molecule has 11 heteroatoms. The zero-order chi connectivity index (χ0) is 22.8. The maximum Gasteiger partial charge on any atom is 0.256 e. The maximum absolute atomic E-state index is 12.4. The third kappa shape index (κ3) is 5.29. The number of nitrogens with zero attached hydrogens (tertiary/aromatic N) is 3. The van der Waals surface area contributed by atoms with Crippen molar-refractivity contribution in [2.45, 2.75) is 11.3 Å². The van der Waals surface area contributed by atoms with E-state index < -0.39 is 10.0 Å². The van der Waals surface area contributed by atoms with Crippen LogP contribution in [0.4, 0.5) is 5.69 Å². The zero-order valence-electron chi connectivity index (χ0n) is 16.7. The van der Waals surface area contributed by atoms with Gasteiger partial charge in [-0.3, -0.25) is 9.59 Å². The fraction of sp³-hybridized carbons (Fsp3) is 0.150. The fourth-order valence-electron chi connectivity index (χ4n) is 2.85. The lowest BCUT2D eigenvalue weighted by molar-refractivity contribution is -0.115. The van der Waals surface area contributed by atoms with E-state index in [1.807, 2.05) is 0 Å². The molecule has 0 radical (unpaired) electrons. The predicted molar refractivity (Wildman–Crippen MR) is 117 cm³/mol. The van der Waals surface area contributed by atoms with Crippen LogP contribution in [0.3, 0.4) is 0 Å². The third-order valence-electron chi connectivity index (χ3n) is 4.34. The van der Waals surface area contributed by atoms with Crippen molar-refractivity contribution < 1.29 is 18.0 Å². The second kappa shape index (κ2) is 8.88. The number of carbonyl (C=O) groups excluding carboxylic acids is 2. The Morgan fingerprint density at radius 1 is 1.19 bits per heavy atom. The molecule has 0 spiro atoms. The highest BCUT2D eigenvalue weighted by molar-refractivity contribution is 7.89. The molecule has 2 aromatic carbocycles. The first-order chi connectivity index (χ1) is 14.6. The molecule has 0 aliphatic carbocycles. The lowest BCUT2D eigenvalue weighted by Gasteiger charge is -2.12. The lowest BCUT2D eigenvalue weighted by Crippen LogP contribution is -2.21. The number of primary sulfonamides is 1. The molecule has 2 amide bonds. The van der Waals surface area contributed by atoms with Crippen LogP contribution in [0.1, 0.15) is 15.9 Å². The molecular weight excluding hydrogens is 442 g/mol. The zero-order valence-corrected chi connectivity index (χ0v) is 18.3. The van der Waals surface area contributed by atoms with Crippen molar-refractivity contribution in [3.8, 4) is 5.69 Å². The van der Waals surface area contributed by atoms with E-state index in [9.17, 15) is 18.0 Å². The summed E-state index contributed by atoms with van der Waals surface area (Å²) < 4.78 is 25.6. The van der Waals surface area contributed by atoms with Gasteiger partial charge in [-0.2, -0.15) is 5.10 Å². The monoisotopic (exact) mass is 461 g/mol. The van der Waals surface area contributed by atoms with E-state index >= 15 is 0 Å². The molecular formula is C20H20ClN5O4S. The van der Waals surface area contributed by atoms with E-state index in [1.54, 1.807) is 38.4 Å². The van der Waals surface area contributed by atoms with Crippen molar-refractivity contribution >= 4 is 39.1 Å². The lowest BCUT2D eigenvalue weighted by atomic mass is 10.1. The van der Waals surface area contributed by atoms with Crippen LogP contribution in [-0.4, -0.2) is 49.0 Å². The molecule has 0 aliphatic heterocycles. The second-order valence-electron chi connectivity index (χ2n) is 6.92. The summed E-state index contributed by atoms with van der Waals surface area (Å²) >= 11 is 6.08. The van der Waals surface area contributed by atoms with Gasteiger partial charge in [0.15, 0.2) is 0 Å². The van der Waals surface area contributed by atoms with Crippen LogP contribution in [0.25, 0.3) is 5.69 Å². The van der Waals surface area contributed by atoms with Crippen LogP contribution in [0.15, 0.2) is 59.8 Å². The van der Waals surface area contributed by atoms with Gasteiger partial charge in [-0.25, -0.2) is 18.2 Å². The third-order valence-corrected chi connectivity index (χ3v) is 5.65. The molecule has 0 saturated carbocycles. The minimum absolute atomic E-state index is 0.0152. The van der Waals surface area contributed by atoms with Crippen LogP contribution < -0.4 is 10.5 Å². The standard InChI is InChI=1S/C20H20ClN5O4S/c1-25(2)20(28)14-11-23-26(12-14)17-8-7-15(10-18(17)31(22,29)30)24-19(27)9-13-5-3-4-6-16(13)21/h3-8,10-12H,9H2,1-2H3,(H,24,27)(H2,22,29,30). The Morgan fingerprint density at radius 2 is 1.90 bits per heavy atom. The molecule has 3 rings (SSSR count). The first kappa shape index (κ1) is 22.5. The molecule has 9 nitrogen and oxygen atoms in total. The number of sulfonamides is 1. The molecule has 3 N–H and O–H groups in total. The van der Waals surface area contributed by atoms with Gasteiger partial charge >= 0.3 is 0 Å². The molecule has 3 aromatic rings. The topological polar surface area (TPSA) is 127 Å². The molecule has 0 unspecified atom stereocenters. The molecule has 31 heavy (non-hydrogen) atoms. The Balaban J connectivity index is 1.90. The van der Waals surface area contributed by atoms with Gasteiger partial charge in [0, 0.05) is 31.0 Å². The molecule has 0 saturated heterocycles. The number of carbonyl (C=O) groups is 2. The summed E-state index contributed by atoms with van der Waals surface area (Å²) in [5.74, 6) is -0.661. The van der Waals surface area contributed by atoms with E-state index in [0.717, 1.165) is 0 Å². The predicted octanol–water partition coefficient (Wildman–Crippen LogP) is 2.06. The number of amides is 2. The molecule has 1 aromatic heterocycles. The Bertz CT molecular complexity index is 1250. The summed E-state index contributed by atoms with van der Waals surface area (Å²) in [5.41, 5.74) is 1.30. The highest BCUT2D eigenvalue weighted by atomic mass is 35.5. The number of rotatable bonds is 6. The number of hydrogen-bond donors (Lipinski definition) is 2. The summed E-state index contributed by atoms with van der Waals surface area (Å²) in [6, 6.07) is 11.1. The van der Waals surface area contributed by atoms with Crippen molar-refractivity contribution in [2.24, 2.45) is 5.14 Å². The van der Waals surface area contributed by atoms with E-state index in [4.69, 9.17) is 16.7 Å². The van der Waals surface area contributed by atoms with Crippen LogP contribution in [0.5, 0.6) is 0 Å². The maximum atomic E-state index is 12.4. The molecule has 162 valence electrons. The number of halogens is 1. The molecule has 0 atom stereocenters. The van der Waals surface area contributed by atoms with Crippen molar-refractivity contribution in [3.05, 3.63) is 71.0 Å². The largest absolute Gasteiger partial charge is 0.345 e. The SMILES string of the molecule is CN(C)C(=O)c1cnn(-c2ccc(NC(=O)Cc3ccccc3Cl)cc2S(N)(=O)=O)c1. The van der Waals surface area contributed by atoms with Gasteiger partial charge in [-0.05, 0) is 29.8 Å². The van der Waals surface area contributed by atoms with Gasteiger partial charge in [-0.15, -0.1) is 0 Å². The van der Waals surface area contributed by atoms with Crippen LogP contribution in [0, 0.1) is 0 Å². The second-order valence-corrected chi connectivity index (χ2v) is 8.85. The molecule has 1 heterocycles. The van der Waals surface area contributed by atoms with Crippen LogP contribution in [0.2, 0.25) is 5.02 Å². The number of nitrogens with two attached hydrogens (primary N) is 1. The van der Waals surface area contributed by atoms with Crippen LogP contribution >= 0.6 is 11.6 Å². The minimum atomic E-state index is -4.16. The van der Waals surface area contributed by atoms with Gasteiger partial charge in [0.05, 0.1) is 23.9 Å². The van der Waals surface area contributed by atoms with Gasteiger partial charge in [0.25, 0.3) is 5.91 Å². The number of aromatic nitrogens is 2. The Hall–Kier alpha value is -3.21. The summed E-state index contributed by atoms with van der Waals surface area (Å²) in [6.45, 7) is 0. The van der Waals surface area contributed by atoms with Crippen molar-refractivity contribution in [2.75, 3.05) is 19.4 Å². The highest BCUT2D eigenvalue weighted by Gasteiger charge is 2.19. The Morgan fingerprint density at radius 3 is 2.55 bits per heavy atom. The number of hydrogen-bond acceptors (Lipinski definition) is 5. The average Bonchev–Trinajstić information content (AvgIpc) is 3.18. The summed E-state index contributed by atoms with van der Waals surface area (Å²) in [4.78, 5) is 25.6. The van der Waals surface area contributed by atoms with Gasteiger partial charge in [0.2, 0.25) is 15.9 Å². The summed E-state index contributed by atoms with van der Waals surface area (Å²) in [7, 11) is -0.976. The summed E-state index contributed by atoms with van der Waals surface area (Å²) in [5, 5.41) is 12.5. The van der Waals surface area contributed by atoms with E-state index in [2.05, 4.69) is 10.4 Å². The quantitative estimate of drug-likeness (QED) is 0.580. The van der Waals surface area contributed by atoms with E-state index in [1.165, 1.54) is 40.2 Å². The normalized spacial score (nSPS) is 11.2. The Labute approximate surface area is 184 Å². The van der Waals surface area contributed by atoms with E-state index in [0.29, 0.717) is 10.6 Å². The average molecular weight is 462 g/mol. The molecule has 0 fully saturated rings. The Kier molecular flexibility index (Phi) is 6.44. The van der Waals surface area contributed by atoms with Gasteiger partial charge in [-0.1, -0.05) is 29.8 Å².